The highest BCUT2D eigenvalue weighted by Crippen LogP contribution is 2.28. The first-order chi connectivity index (χ1) is 15.1. The maximum absolute atomic E-state index is 12.8. The molecule has 1 unspecified atom stereocenters. The van der Waals surface area contributed by atoms with Crippen molar-refractivity contribution < 1.29 is 31.7 Å². The van der Waals surface area contributed by atoms with Crippen molar-refractivity contribution in [2.24, 2.45) is 13.0 Å². The Labute approximate surface area is 182 Å². The quantitative estimate of drug-likeness (QED) is 0.457. The van der Waals surface area contributed by atoms with Gasteiger partial charge in [-0.15, -0.1) is 0 Å². The van der Waals surface area contributed by atoms with E-state index in [2.05, 4.69) is 10.4 Å². The van der Waals surface area contributed by atoms with E-state index in [9.17, 15) is 32.1 Å². The fourth-order valence-corrected chi connectivity index (χ4v) is 4.81. The third-order valence-electron chi connectivity index (χ3n) is 4.82. The summed E-state index contributed by atoms with van der Waals surface area (Å²) in [4.78, 5) is 23.2. The number of nitrogens with zero attached hydrogens (tertiary/aromatic N) is 4. The van der Waals surface area contributed by atoms with Gasteiger partial charge in [-0.2, -0.15) is 9.40 Å². The van der Waals surface area contributed by atoms with Crippen LogP contribution in [0.25, 0.3) is 0 Å². The molecule has 32 heavy (non-hydrogen) atoms. The number of nitro benzene ring substituents is 1. The number of non-ortho nitro benzene ring substituents is 1. The molecule has 0 spiro atoms. The minimum Gasteiger partial charge on any atom is -0.487 e. The summed E-state index contributed by atoms with van der Waals surface area (Å²) in [6.07, 6.45) is 0.665. The second-order valence-electron chi connectivity index (χ2n) is 7.22. The van der Waals surface area contributed by atoms with Crippen LogP contribution in [0.1, 0.15) is 12.8 Å². The lowest BCUT2D eigenvalue weighted by atomic mass is 9.98. The topological polar surface area (TPSA) is 137 Å². The van der Waals surface area contributed by atoms with Gasteiger partial charge in [0.15, 0.2) is 0 Å². The number of nitrogens with one attached hydrogen (secondary N) is 1. The molecule has 0 radical (unpaired) electrons. The van der Waals surface area contributed by atoms with Crippen LogP contribution in [-0.2, 0) is 21.9 Å². The molecule has 1 saturated heterocycles. The number of aromatic nitrogens is 2. The van der Waals surface area contributed by atoms with Crippen LogP contribution < -0.4 is 10.1 Å². The van der Waals surface area contributed by atoms with E-state index in [0.717, 1.165) is 12.1 Å². The molecule has 0 bridgehead atoms. The highest BCUT2D eigenvalue weighted by molar-refractivity contribution is 7.89. The van der Waals surface area contributed by atoms with E-state index in [1.54, 1.807) is 7.05 Å². The van der Waals surface area contributed by atoms with Crippen molar-refractivity contribution in [1.82, 2.24) is 14.1 Å². The minimum atomic E-state index is -3.83. The smallest absolute Gasteiger partial charge is 0.275 e. The highest BCUT2D eigenvalue weighted by Gasteiger charge is 2.34. The van der Waals surface area contributed by atoms with Crippen LogP contribution in [0.2, 0.25) is 0 Å². The molecule has 1 amide bonds. The van der Waals surface area contributed by atoms with Crippen LogP contribution in [0.4, 0.5) is 20.2 Å². The van der Waals surface area contributed by atoms with E-state index in [0.29, 0.717) is 12.8 Å². The van der Waals surface area contributed by atoms with Crippen molar-refractivity contribution in [3.05, 3.63) is 40.7 Å². The van der Waals surface area contributed by atoms with Gasteiger partial charge >= 0.3 is 0 Å². The number of halogens is 2. The molecular weight excluding hydrogens is 452 g/mol. The molecule has 1 N–H and O–H groups in total. The lowest BCUT2D eigenvalue weighted by Gasteiger charge is -2.30. The largest absolute Gasteiger partial charge is 0.487 e. The van der Waals surface area contributed by atoms with E-state index >= 15 is 0 Å². The maximum atomic E-state index is 12.8. The number of benzene rings is 1. The minimum absolute atomic E-state index is 0.0132. The van der Waals surface area contributed by atoms with Crippen molar-refractivity contribution in [2.45, 2.75) is 24.2 Å². The number of alkyl halides is 2. The Morgan fingerprint density at radius 3 is 2.78 bits per heavy atom. The number of carbonyl (C=O) groups excluding carboxylic acids is 1. The fraction of sp³-hybridized carbons (Fsp3) is 0.444. The standard InChI is InChI=1S/C18H21F2N5O6S/c1-23-10-16(8-21-23)32(29,30)24-4-2-3-12(9-24)18(26)22-13-5-14(25(27)28)7-15(6-13)31-11-17(19)20/h5-8,10,12,17H,2-4,9,11H2,1H3,(H,22,26). The molecule has 2 heterocycles. The molecule has 1 fully saturated rings. The van der Waals surface area contributed by atoms with Crippen LogP contribution in [0.3, 0.4) is 0 Å². The first-order valence-corrected chi connectivity index (χ1v) is 11.0. The van der Waals surface area contributed by atoms with Gasteiger partial charge in [0.05, 0.1) is 28.8 Å². The number of hydrogen-bond donors (Lipinski definition) is 1. The van der Waals surface area contributed by atoms with E-state index in [4.69, 9.17) is 4.74 Å². The summed E-state index contributed by atoms with van der Waals surface area (Å²) in [5, 5.41) is 17.5. The Kier molecular flexibility index (Phi) is 7.03. The Bertz CT molecular complexity index is 1110. The molecule has 3 rings (SSSR count). The zero-order valence-corrected chi connectivity index (χ0v) is 17.8. The number of ether oxygens (including phenoxy) is 1. The van der Waals surface area contributed by atoms with Gasteiger partial charge in [0.25, 0.3) is 12.1 Å². The lowest BCUT2D eigenvalue weighted by molar-refractivity contribution is -0.384. The molecule has 2 aromatic rings. The van der Waals surface area contributed by atoms with Gasteiger partial charge in [-0.3, -0.25) is 19.6 Å². The molecule has 1 aliphatic heterocycles. The lowest BCUT2D eigenvalue weighted by Crippen LogP contribution is -2.43. The number of sulfonamides is 1. The number of aryl methyl sites for hydroxylation is 1. The first-order valence-electron chi connectivity index (χ1n) is 9.56. The van der Waals surface area contributed by atoms with E-state index in [-0.39, 0.29) is 29.4 Å². The van der Waals surface area contributed by atoms with Gasteiger partial charge < -0.3 is 10.1 Å². The second kappa shape index (κ2) is 9.56. The summed E-state index contributed by atoms with van der Waals surface area (Å²) in [5.74, 6) is -1.45. The zero-order chi connectivity index (χ0) is 23.5. The van der Waals surface area contributed by atoms with Crippen molar-refractivity contribution in [3.63, 3.8) is 0 Å². The summed E-state index contributed by atoms with van der Waals surface area (Å²) in [6, 6.07) is 3.24. The number of amides is 1. The first kappa shape index (κ1) is 23.5. The number of nitro groups is 1. The number of anilines is 1. The maximum Gasteiger partial charge on any atom is 0.275 e. The summed E-state index contributed by atoms with van der Waals surface area (Å²) < 4.78 is 57.8. The molecule has 0 saturated carbocycles. The SMILES string of the molecule is Cn1cc(S(=O)(=O)N2CCCC(C(=O)Nc3cc(OCC(F)F)cc([N+](=O)[O-])c3)C2)cn1. The van der Waals surface area contributed by atoms with E-state index < -0.39 is 45.5 Å². The molecule has 1 aliphatic rings. The second-order valence-corrected chi connectivity index (χ2v) is 9.15. The van der Waals surface area contributed by atoms with Gasteiger partial charge in [0.2, 0.25) is 15.9 Å². The number of rotatable bonds is 8. The molecule has 11 nitrogen and oxygen atoms in total. The van der Waals surface area contributed by atoms with Gasteiger partial charge in [-0.1, -0.05) is 0 Å². The van der Waals surface area contributed by atoms with Crippen LogP contribution in [0.15, 0.2) is 35.5 Å². The van der Waals surface area contributed by atoms with Crippen LogP contribution >= 0.6 is 0 Å². The van der Waals surface area contributed by atoms with E-state index in [1.165, 1.54) is 27.4 Å². The number of hydrogen-bond acceptors (Lipinski definition) is 7. The third-order valence-corrected chi connectivity index (χ3v) is 6.64. The molecular formula is C18H21F2N5O6S. The molecule has 1 aromatic carbocycles. The number of carbonyl (C=O) groups is 1. The van der Waals surface area contributed by atoms with Crippen LogP contribution in [0.5, 0.6) is 5.75 Å². The Morgan fingerprint density at radius 2 is 2.16 bits per heavy atom. The molecule has 1 aromatic heterocycles. The number of piperidine rings is 1. The monoisotopic (exact) mass is 473 g/mol. The highest BCUT2D eigenvalue weighted by atomic mass is 32.2. The Balaban J connectivity index is 1.74. The van der Waals surface area contributed by atoms with Crippen molar-refractivity contribution in [2.75, 3.05) is 25.0 Å². The Morgan fingerprint density at radius 1 is 1.41 bits per heavy atom. The van der Waals surface area contributed by atoms with E-state index in [1.807, 2.05) is 0 Å². The van der Waals surface area contributed by atoms with Gasteiger partial charge in [0, 0.05) is 38.5 Å². The molecule has 174 valence electrons. The molecule has 0 aliphatic carbocycles. The summed E-state index contributed by atoms with van der Waals surface area (Å²) >= 11 is 0. The van der Waals surface area contributed by atoms with Crippen LogP contribution in [-0.4, -0.2) is 59.5 Å². The molecule has 14 heteroatoms. The zero-order valence-electron chi connectivity index (χ0n) is 17.0. The predicted molar refractivity (Wildman–Crippen MR) is 108 cm³/mol. The Hall–Kier alpha value is -3.13. The average Bonchev–Trinajstić information content (AvgIpc) is 3.19. The van der Waals surface area contributed by atoms with Crippen molar-refractivity contribution in [1.29, 1.82) is 0 Å². The summed E-state index contributed by atoms with van der Waals surface area (Å²) in [5.41, 5.74) is -0.461. The third kappa shape index (κ3) is 5.56. The van der Waals surface area contributed by atoms with Gasteiger partial charge in [0.1, 0.15) is 17.3 Å². The average molecular weight is 473 g/mol. The van der Waals surface area contributed by atoms with Crippen molar-refractivity contribution >= 4 is 27.3 Å². The predicted octanol–water partition coefficient (Wildman–Crippen LogP) is 2.01. The fourth-order valence-electron chi connectivity index (χ4n) is 3.30. The van der Waals surface area contributed by atoms with Crippen molar-refractivity contribution in [3.8, 4) is 5.75 Å². The van der Waals surface area contributed by atoms with Gasteiger partial charge in [-0.25, -0.2) is 17.2 Å². The van der Waals surface area contributed by atoms with Gasteiger partial charge in [-0.05, 0) is 12.8 Å². The normalized spacial score (nSPS) is 17.3. The molecule has 1 atom stereocenters. The summed E-state index contributed by atoms with van der Waals surface area (Å²) in [7, 11) is -2.24. The summed E-state index contributed by atoms with van der Waals surface area (Å²) in [6.45, 7) is -0.797. The van der Waals surface area contributed by atoms with Crippen LogP contribution in [0, 0.1) is 16.0 Å².